The lowest BCUT2D eigenvalue weighted by molar-refractivity contribution is 0.110. The Morgan fingerprint density at radius 3 is 2.42 bits per heavy atom. The molecular formula is C17H10O2. The maximum Gasteiger partial charge on any atom is 0.185 e. The molecule has 0 bridgehead atoms. The van der Waals surface area contributed by atoms with Crippen LogP contribution in [-0.4, -0.2) is 6.29 Å². The van der Waals surface area contributed by atoms with Crippen LogP contribution in [0.2, 0.25) is 0 Å². The molecule has 90 valence electrons. The van der Waals surface area contributed by atoms with Crippen LogP contribution in [0.3, 0.4) is 0 Å². The average molecular weight is 246 g/mol. The lowest BCUT2D eigenvalue weighted by atomic mass is 10.0. The first-order valence-corrected chi connectivity index (χ1v) is 6.16. The van der Waals surface area contributed by atoms with Gasteiger partial charge in [0.05, 0.1) is 0 Å². The highest BCUT2D eigenvalue weighted by Gasteiger charge is 2.09. The Kier molecular flexibility index (Phi) is 2.00. The number of furan rings is 1. The van der Waals surface area contributed by atoms with Crippen LogP contribution in [0.25, 0.3) is 32.5 Å². The summed E-state index contributed by atoms with van der Waals surface area (Å²) in [5.41, 5.74) is 0.788. The van der Waals surface area contributed by atoms with Gasteiger partial charge in [0.15, 0.2) is 12.0 Å². The fraction of sp³-hybridized carbons (Fsp3) is 0. The number of carbonyl (C=O) groups is 1. The zero-order valence-corrected chi connectivity index (χ0v) is 10.1. The highest BCUT2D eigenvalue weighted by atomic mass is 16.3. The van der Waals surface area contributed by atoms with E-state index in [0.29, 0.717) is 5.76 Å². The number of benzene rings is 3. The van der Waals surface area contributed by atoms with Crippen molar-refractivity contribution >= 4 is 38.8 Å². The molecule has 0 aliphatic heterocycles. The molecule has 19 heavy (non-hydrogen) atoms. The Balaban J connectivity index is 2.32. The van der Waals surface area contributed by atoms with Crippen LogP contribution in [0.1, 0.15) is 10.6 Å². The quantitative estimate of drug-likeness (QED) is 0.364. The molecule has 4 aromatic rings. The van der Waals surface area contributed by atoms with E-state index < -0.39 is 0 Å². The molecule has 0 unspecified atom stereocenters. The molecule has 0 atom stereocenters. The summed E-state index contributed by atoms with van der Waals surface area (Å²) in [7, 11) is 0. The Morgan fingerprint density at radius 2 is 1.58 bits per heavy atom. The van der Waals surface area contributed by atoms with Gasteiger partial charge in [0.2, 0.25) is 0 Å². The molecular weight excluding hydrogens is 236 g/mol. The van der Waals surface area contributed by atoms with Gasteiger partial charge in [-0.25, -0.2) is 0 Å². The summed E-state index contributed by atoms with van der Waals surface area (Å²) in [6.07, 6.45) is 0.747. The second-order valence-electron chi connectivity index (χ2n) is 4.64. The molecule has 0 spiro atoms. The Bertz CT molecular complexity index is 932. The zero-order chi connectivity index (χ0) is 12.8. The number of fused-ring (bicyclic) bond motifs is 5. The second-order valence-corrected chi connectivity index (χ2v) is 4.64. The summed E-state index contributed by atoms with van der Waals surface area (Å²) in [6, 6.07) is 18.2. The van der Waals surface area contributed by atoms with Crippen molar-refractivity contribution in [1.29, 1.82) is 0 Å². The van der Waals surface area contributed by atoms with Crippen molar-refractivity contribution in [2.24, 2.45) is 0 Å². The first-order chi connectivity index (χ1) is 9.36. The minimum atomic E-state index is 0.371. The van der Waals surface area contributed by atoms with E-state index in [1.807, 2.05) is 18.2 Å². The molecule has 3 aromatic carbocycles. The fourth-order valence-electron chi connectivity index (χ4n) is 2.66. The van der Waals surface area contributed by atoms with Crippen LogP contribution in [-0.2, 0) is 0 Å². The van der Waals surface area contributed by atoms with Crippen LogP contribution in [0.5, 0.6) is 0 Å². The molecule has 4 rings (SSSR count). The molecule has 1 heterocycles. The molecule has 0 radical (unpaired) electrons. The maximum atomic E-state index is 10.9. The van der Waals surface area contributed by atoms with Crippen LogP contribution in [0.4, 0.5) is 0 Å². The van der Waals surface area contributed by atoms with Gasteiger partial charge in [0.25, 0.3) is 0 Å². The predicted octanol–water partition coefficient (Wildman–Crippen LogP) is 4.55. The molecule has 1 aromatic heterocycles. The van der Waals surface area contributed by atoms with Gasteiger partial charge in [0, 0.05) is 10.8 Å². The average Bonchev–Trinajstić information content (AvgIpc) is 2.90. The SMILES string of the molecule is O=Cc1cc2ccc3ccc4ccccc4c3c2o1. The third-order valence-electron chi connectivity index (χ3n) is 3.53. The van der Waals surface area contributed by atoms with Gasteiger partial charge >= 0.3 is 0 Å². The second kappa shape index (κ2) is 3.69. The Hall–Kier alpha value is -2.61. The van der Waals surface area contributed by atoms with E-state index in [4.69, 9.17) is 4.42 Å². The van der Waals surface area contributed by atoms with Crippen molar-refractivity contribution in [3.05, 3.63) is 60.4 Å². The minimum absolute atomic E-state index is 0.371. The van der Waals surface area contributed by atoms with Crippen LogP contribution in [0.15, 0.2) is 59.0 Å². The van der Waals surface area contributed by atoms with Crippen molar-refractivity contribution in [3.8, 4) is 0 Å². The fourth-order valence-corrected chi connectivity index (χ4v) is 2.66. The lowest BCUT2D eigenvalue weighted by Crippen LogP contribution is -1.78. The van der Waals surface area contributed by atoms with E-state index in [0.717, 1.165) is 33.4 Å². The summed E-state index contributed by atoms with van der Waals surface area (Å²) in [4.78, 5) is 10.9. The van der Waals surface area contributed by atoms with E-state index in [1.54, 1.807) is 6.07 Å². The van der Waals surface area contributed by atoms with E-state index >= 15 is 0 Å². The van der Waals surface area contributed by atoms with E-state index in [1.165, 1.54) is 5.39 Å². The van der Waals surface area contributed by atoms with Crippen molar-refractivity contribution in [3.63, 3.8) is 0 Å². The van der Waals surface area contributed by atoms with Crippen LogP contribution in [0, 0.1) is 0 Å². The van der Waals surface area contributed by atoms with Crippen molar-refractivity contribution in [2.45, 2.75) is 0 Å². The first kappa shape index (κ1) is 10.3. The van der Waals surface area contributed by atoms with E-state index in [9.17, 15) is 4.79 Å². The normalized spacial score (nSPS) is 11.4. The number of hydrogen-bond donors (Lipinski definition) is 0. The van der Waals surface area contributed by atoms with Crippen LogP contribution < -0.4 is 0 Å². The highest BCUT2D eigenvalue weighted by Crippen LogP contribution is 2.33. The summed E-state index contributed by atoms with van der Waals surface area (Å²) in [5, 5.41) is 5.48. The molecule has 0 saturated carbocycles. The number of rotatable bonds is 1. The van der Waals surface area contributed by atoms with Gasteiger partial charge in [-0.1, -0.05) is 48.5 Å². The third-order valence-corrected chi connectivity index (χ3v) is 3.53. The maximum absolute atomic E-state index is 10.9. The zero-order valence-electron chi connectivity index (χ0n) is 10.1. The third kappa shape index (κ3) is 1.40. The van der Waals surface area contributed by atoms with Crippen molar-refractivity contribution < 1.29 is 9.21 Å². The summed E-state index contributed by atoms with van der Waals surface area (Å²) >= 11 is 0. The van der Waals surface area contributed by atoms with Gasteiger partial charge in [0.1, 0.15) is 5.58 Å². The molecule has 0 N–H and O–H groups in total. The topological polar surface area (TPSA) is 30.2 Å². The Morgan fingerprint density at radius 1 is 0.842 bits per heavy atom. The van der Waals surface area contributed by atoms with Gasteiger partial charge in [-0.15, -0.1) is 0 Å². The number of hydrogen-bond acceptors (Lipinski definition) is 2. The first-order valence-electron chi connectivity index (χ1n) is 6.16. The molecule has 2 nitrogen and oxygen atoms in total. The van der Waals surface area contributed by atoms with Gasteiger partial charge in [-0.2, -0.15) is 0 Å². The lowest BCUT2D eigenvalue weighted by Gasteiger charge is -2.04. The molecule has 2 heteroatoms. The molecule has 0 fully saturated rings. The van der Waals surface area contributed by atoms with E-state index in [-0.39, 0.29) is 0 Å². The summed E-state index contributed by atoms with van der Waals surface area (Å²) < 4.78 is 5.67. The molecule has 0 saturated heterocycles. The van der Waals surface area contributed by atoms with Crippen LogP contribution >= 0.6 is 0 Å². The van der Waals surface area contributed by atoms with E-state index in [2.05, 4.69) is 30.3 Å². The number of carbonyl (C=O) groups excluding carboxylic acids is 1. The van der Waals surface area contributed by atoms with Crippen molar-refractivity contribution in [1.82, 2.24) is 0 Å². The van der Waals surface area contributed by atoms with Gasteiger partial charge in [-0.3, -0.25) is 4.79 Å². The summed E-state index contributed by atoms with van der Waals surface area (Å²) in [6.45, 7) is 0. The number of aldehydes is 1. The minimum Gasteiger partial charge on any atom is -0.453 e. The molecule has 0 aliphatic rings. The largest absolute Gasteiger partial charge is 0.453 e. The Labute approximate surface area is 109 Å². The van der Waals surface area contributed by atoms with Gasteiger partial charge in [-0.05, 0) is 22.2 Å². The summed E-state index contributed by atoms with van der Waals surface area (Å²) in [5.74, 6) is 0.371. The molecule has 0 amide bonds. The standard InChI is InChI=1S/C17H10O2/c18-10-14-9-13-8-7-12-6-5-11-3-1-2-4-15(11)16(12)17(13)19-14/h1-10H. The highest BCUT2D eigenvalue weighted by molar-refractivity contribution is 6.18. The smallest absolute Gasteiger partial charge is 0.185 e. The molecule has 0 aliphatic carbocycles. The predicted molar refractivity (Wildman–Crippen MR) is 76.6 cm³/mol. The monoisotopic (exact) mass is 246 g/mol. The van der Waals surface area contributed by atoms with Crippen molar-refractivity contribution in [2.75, 3.05) is 0 Å². The van der Waals surface area contributed by atoms with Gasteiger partial charge < -0.3 is 4.42 Å².